The first kappa shape index (κ1) is 21.9. The average Bonchev–Trinajstić information content (AvgIpc) is 2.58. The summed E-state index contributed by atoms with van der Waals surface area (Å²) in [5, 5.41) is 14.0. The summed E-state index contributed by atoms with van der Waals surface area (Å²) in [5.74, 6) is -1.65. The fourth-order valence-electron chi connectivity index (χ4n) is 2.76. The van der Waals surface area contributed by atoms with Gasteiger partial charge in [0.1, 0.15) is 5.60 Å². The predicted octanol–water partition coefficient (Wildman–Crippen LogP) is 3.60. The SMILES string of the molecule is CC1=C(C(=O)OC(C)(C)C)C(c2ccc(Cl)cc2)C(C#N)=C(SCC(N)=O)N1. The zero-order valence-electron chi connectivity index (χ0n) is 16.1. The molecular weight excluding hydrogens is 398 g/mol. The van der Waals surface area contributed by atoms with Gasteiger partial charge in [0.05, 0.1) is 33.9 Å². The molecule has 0 aromatic heterocycles. The number of amides is 1. The minimum Gasteiger partial charge on any atom is -0.457 e. The number of dihydropyridines is 1. The molecule has 1 atom stereocenters. The summed E-state index contributed by atoms with van der Waals surface area (Å²) in [6, 6.07) is 9.11. The molecule has 28 heavy (non-hydrogen) atoms. The third-order valence-corrected chi connectivity index (χ3v) is 5.12. The number of hydrogen-bond donors (Lipinski definition) is 2. The van der Waals surface area contributed by atoms with E-state index in [0.717, 1.165) is 17.3 Å². The fraction of sp³-hybridized carbons (Fsp3) is 0.350. The molecule has 3 N–H and O–H groups in total. The minimum absolute atomic E-state index is 0.00982. The van der Waals surface area contributed by atoms with Gasteiger partial charge in [0, 0.05) is 10.7 Å². The van der Waals surface area contributed by atoms with Crippen molar-refractivity contribution in [2.75, 3.05) is 5.75 Å². The Bertz CT molecular complexity index is 893. The van der Waals surface area contributed by atoms with E-state index in [2.05, 4.69) is 11.4 Å². The van der Waals surface area contributed by atoms with E-state index in [1.54, 1.807) is 52.0 Å². The van der Waals surface area contributed by atoms with Gasteiger partial charge in [0.15, 0.2) is 0 Å². The van der Waals surface area contributed by atoms with Crippen molar-refractivity contribution in [1.29, 1.82) is 5.26 Å². The Labute approximate surface area is 173 Å². The lowest BCUT2D eigenvalue weighted by Crippen LogP contribution is -2.32. The zero-order valence-corrected chi connectivity index (χ0v) is 17.7. The quantitative estimate of drug-likeness (QED) is 0.706. The number of nitriles is 1. The van der Waals surface area contributed by atoms with Gasteiger partial charge in [-0.25, -0.2) is 4.79 Å². The summed E-state index contributed by atoms with van der Waals surface area (Å²) in [4.78, 5) is 24.2. The second kappa shape index (κ2) is 8.72. The summed E-state index contributed by atoms with van der Waals surface area (Å²) in [6.07, 6.45) is 0. The number of ether oxygens (including phenoxy) is 1. The Morgan fingerprint density at radius 2 is 1.93 bits per heavy atom. The van der Waals surface area contributed by atoms with E-state index in [4.69, 9.17) is 22.1 Å². The van der Waals surface area contributed by atoms with Crippen LogP contribution in [0, 0.1) is 11.3 Å². The maximum atomic E-state index is 12.9. The molecule has 1 amide bonds. The molecule has 0 spiro atoms. The number of carbonyl (C=O) groups excluding carboxylic acids is 2. The standard InChI is InChI=1S/C20H22ClN3O3S/c1-11-16(19(26)27-20(2,3)4)17(12-5-7-13(21)8-6-12)14(9-22)18(24-11)28-10-15(23)25/h5-8,17,24H,10H2,1-4H3,(H2,23,25). The molecule has 0 saturated carbocycles. The van der Waals surface area contributed by atoms with E-state index in [1.165, 1.54) is 0 Å². The molecule has 2 rings (SSSR count). The molecular formula is C20H22ClN3O3S. The van der Waals surface area contributed by atoms with Crippen LogP contribution >= 0.6 is 23.4 Å². The number of halogens is 1. The van der Waals surface area contributed by atoms with Gasteiger partial charge in [-0.05, 0) is 45.4 Å². The van der Waals surface area contributed by atoms with Crippen LogP contribution in [-0.2, 0) is 14.3 Å². The van der Waals surface area contributed by atoms with E-state index in [1.807, 2.05) is 0 Å². The molecule has 0 bridgehead atoms. The van der Waals surface area contributed by atoms with Crippen molar-refractivity contribution < 1.29 is 14.3 Å². The molecule has 1 aromatic rings. The van der Waals surface area contributed by atoms with E-state index in [0.29, 0.717) is 26.9 Å². The van der Waals surface area contributed by atoms with Crippen molar-refractivity contribution in [2.24, 2.45) is 5.73 Å². The van der Waals surface area contributed by atoms with Crippen LogP contribution < -0.4 is 11.1 Å². The molecule has 0 fully saturated rings. The highest BCUT2D eigenvalue weighted by Crippen LogP contribution is 2.41. The van der Waals surface area contributed by atoms with Gasteiger partial charge >= 0.3 is 5.97 Å². The lowest BCUT2D eigenvalue weighted by Gasteiger charge is -2.31. The van der Waals surface area contributed by atoms with Crippen LogP contribution in [0.25, 0.3) is 0 Å². The molecule has 1 aliphatic rings. The number of hydrogen-bond acceptors (Lipinski definition) is 6. The molecule has 1 heterocycles. The maximum absolute atomic E-state index is 12.9. The number of nitrogens with zero attached hydrogens (tertiary/aromatic N) is 1. The number of esters is 1. The van der Waals surface area contributed by atoms with E-state index >= 15 is 0 Å². The first-order chi connectivity index (χ1) is 13.0. The maximum Gasteiger partial charge on any atom is 0.337 e. The van der Waals surface area contributed by atoms with Crippen molar-refractivity contribution in [2.45, 2.75) is 39.2 Å². The summed E-state index contributed by atoms with van der Waals surface area (Å²) in [5.41, 5.74) is 6.50. The van der Waals surface area contributed by atoms with Crippen molar-refractivity contribution in [3.63, 3.8) is 0 Å². The first-order valence-corrected chi connectivity index (χ1v) is 9.92. The Hall–Kier alpha value is -2.43. The normalized spacial score (nSPS) is 17.1. The molecule has 6 nitrogen and oxygen atoms in total. The number of nitrogens with two attached hydrogens (primary N) is 1. The molecule has 1 aromatic carbocycles. The van der Waals surface area contributed by atoms with Crippen LogP contribution in [0.4, 0.5) is 0 Å². The number of allylic oxidation sites excluding steroid dienone is 2. The number of thioether (sulfide) groups is 1. The van der Waals surface area contributed by atoms with Crippen molar-refractivity contribution in [3.05, 3.63) is 56.7 Å². The van der Waals surface area contributed by atoms with Gasteiger partial charge in [-0.2, -0.15) is 5.26 Å². The fourth-order valence-corrected chi connectivity index (χ4v) is 3.72. The summed E-state index contributed by atoms with van der Waals surface area (Å²) in [7, 11) is 0. The number of primary amides is 1. The molecule has 1 aliphatic heterocycles. The molecule has 0 radical (unpaired) electrons. The van der Waals surface area contributed by atoms with E-state index in [9.17, 15) is 14.9 Å². The number of rotatable bonds is 5. The number of carbonyl (C=O) groups is 2. The summed E-state index contributed by atoms with van der Waals surface area (Å²) in [6.45, 7) is 7.08. The van der Waals surface area contributed by atoms with Crippen LogP contribution in [-0.4, -0.2) is 23.2 Å². The van der Waals surface area contributed by atoms with Crippen molar-refractivity contribution >= 4 is 35.2 Å². The molecule has 0 aliphatic carbocycles. The van der Waals surface area contributed by atoms with Crippen LogP contribution in [0.3, 0.4) is 0 Å². The van der Waals surface area contributed by atoms with Crippen LogP contribution in [0.5, 0.6) is 0 Å². The van der Waals surface area contributed by atoms with Crippen molar-refractivity contribution in [1.82, 2.24) is 5.32 Å². The summed E-state index contributed by atoms with van der Waals surface area (Å²) >= 11 is 7.13. The summed E-state index contributed by atoms with van der Waals surface area (Å²) < 4.78 is 5.57. The molecule has 1 unspecified atom stereocenters. The first-order valence-electron chi connectivity index (χ1n) is 8.55. The van der Waals surface area contributed by atoms with Gasteiger partial charge in [0.2, 0.25) is 5.91 Å². The minimum atomic E-state index is -0.688. The van der Waals surface area contributed by atoms with Gasteiger partial charge < -0.3 is 15.8 Å². The molecule has 0 saturated heterocycles. The van der Waals surface area contributed by atoms with Gasteiger partial charge in [0.25, 0.3) is 0 Å². The topological polar surface area (TPSA) is 105 Å². The highest BCUT2D eigenvalue weighted by molar-refractivity contribution is 8.03. The Morgan fingerprint density at radius 3 is 2.43 bits per heavy atom. The lowest BCUT2D eigenvalue weighted by atomic mass is 9.82. The second-order valence-corrected chi connectivity index (χ2v) is 8.68. The smallest absolute Gasteiger partial charge is 0.337 e. The Balaban J connectivity index is 2.58. The van der Waals surface area contributed by atoms with Gasteiger partial charge in [-0.15, -0.1) is 0 Å². The van der Waals surface area contributed by atoms with Gasteiger partial charge in [-0.3, -0.25) is 4.79 Å². The van der Waals surface area contributed by atoms with Gasteiger partial charge in [-0.1, -0.05) is 35.5 Å². The second-order valence-electron chi connectivity index (χ2n) is 7.26. The van der Waals surface area contributed by atoms with E-state index < -0.39 is 23.4 Å². The Morgan fingerprint density at radius 1 is 1.32 bits per heavy atom. The number of nitrogens with one attached hydrogen (secondary N) is 1. The predicted molar refractivity (Wildman–Crippen MR) is 110 cm³/mol. The molecule has 148 valence electrons. The Kier molecular flexibility index (Phi) is 6.81. The third kappa shape index (κ3) is 5.31. The van der Waals surface area contributed by atoms with Crippen LogP contribution in [0.1, 0.15) is 39.2 Å². The van der Waals surface area contributed by atoms with Crippen molar-refractivity contribution in [3.8, 4) is 6.07 Å². The highest BCUT2D eigenvalue weighted by atomic mass is 35.5. The third-order valence-electron chi connectivity index (χ3n) is 3.83. The zero-order chi connectivity index (χ0) is 21.1. The largest absolute Gasteiger partial charge is 0.457 e. The molecule has 8 heteroatoms. The van der Waals surface area contributed by atoms with Crippen LogP contribution in [0.2, 0.25) is 5.02 Å². The average molecular weight is 420 g/mol. The van der Waals surface area contributed by atoms with Crippen LogP contribution in [0.15, 0.2) is 46.1 Å². The number of benzene rings is 1. The lowest BCUT2D eigenvalue weighted by molar-refractivity contribution is -0.150. The highest BCUT2D eigenvalue weighted by Gasteiger charge is 2.36. The monoisotopic (exact) mass is 419 g/mol. The van der Waals surface area contributed by atoms with E-state index in [-0.39, 0.29) is 5.75 Å².